The van der Waals surface area contributed by atoms with Crippen LogP contribution in [-0.4, -0.2) is 34.1 Å². The van der Waals surface area contributed by atoms with Crippen molar-refractivity contribution in [2.75, 3.05) is 25.0 Å². The first-order valence-electron chi connectivity index (χ1n) is 9.11. The third-order valence-corrected chi connectivity index (χ3v) is 6.59. The highest BCUT2D eigenvalue weighted by atomic mass is 79.9. The fourth-order valence-corrected chi connectivity index (χ4v) is 4.52. The van der Waals surface area contributed by atoms with Gasteiger partial charge in [-0.1, -0.05) is 35.3 Å². The van der Waals surface area contributed by atoms with E-state index in [9.17, 15) is 17.1 Å². The van der Waals surface area contributed by atoms with Crippen molar-refractivity contribution < 1.29 is 21.8 Å². The van der Waals surface area contributed by atoms with E-state index in [1.54, 1.807) is 6.92 Å². The van der Waals surface area contributed by atoms with Gasteiger partial charge in [0.1, 0.15) is 10.6 Å². The number of nitrogens with one attached hydrogen (secondary N) is 1. The fraction of sp³-hybridized carbons (Fsp3) is 0.316. The average Bonchev–Trinajstić information content (AvgIpc) is 2.70. The lowest BCUT2D eigenvalue weighted by molar-refractivity contribution is -0.142. The molecule has 2 aromatic rings. The molecule has 1 N–H and O–H groups in total. The minimum absolute atomic E-state index is 0.0416. The summed E-state index contributed by atoms with van der Waals surface area (Å²) in [6.45, 7) is 2.94. The van der Waals surface area contributed by atoms with Crippen molar-refractivity contribution in [3.05, 3.63) is 50.4 Å². The van der Waals surface area contributed by atoms with Crippen LogP contribution in [0.5, 0.6) is 0 Å². The van der Waals surface area contributed by atoms with Gasteiger partial charge in [0, 0.05) is 12.2 Å². The van der Waals surface area contributed by atoms with Gasteiger partial charge in [0.2, 0.25) is 0 Å². The van der Waals surface area contributed by atoms with Gasteiger partial charge in [-0.2, -0.15) is 18.6 Å². The number of benzene rings is 2. The molecule has 0 heterocycles. The molecule has 2 aromatic carbocycles. The van der Waals surface area contributed by atoms with Crippen molar-refractivity contribution in [1.82, 2.24) is 0 Å². The lowest BCUT2D eigenvalue weighted by atomic mass is 10.1. The molecule has 12 heteroatoms. The largest absolute Gasteiger partial charge is 0.466 e. The van der Waals surface area contributed by atoms with Crippen molar-refractivity contribution in [3.63, 3.8) is 0 Å². The molecule has 0 atom stereocenters. The summed E-state index contributed by atoms with van der Waals surface area (Å²) in [5.41, 5.74) is 2.00. The number of hydrogen-bond donors (Lipinski definition) is 1. The van der Waals surface area contributed by atoms with E-state index < -0.39 is 15.1 Å². The molecule has 7 nitrogen and oxygen atoms in total. The van der Waals surface area contributed by atoms with E-state index in [-0.39, 0.29) is 32.6 Å². The maximum Gasteiger partial charge on any atom is 0.333 e. The highest BCUT2D eigenvalue weighted by Gasteiger charge is 2.23. The second kappa shape index (κ2) is 11.8. The first-order valence-corrected chi connectivity index (χ1v) is 12.0. The number of halogens is 4. The number of carbonyl (C=O) groups is 1. The van der Waals surface area contributed by atoms with E-state index in [1.807, 2.05) is 24.3 Å². The molecule has 0 amide bonds. The Labute approximate surface area is 198 Å². The summed E-state index contributed by atoms with van der Waals surface area (Å²) in [5.74, 6) is -0.244. The third kappa shape index (κ3) is 7.71. The molecule has 0 aliphatic rings. The van der Waals surface area contributed by atoms with Crippen LogP contribution >= 0.6 is 39.1 Å². The standard InChI is InChI=1S/C19H19BrCl2FN3O4S/c1-2-30-16(27)8-9-24-13-5-3-12(4-6-13)7-10-25-26-19-14(21)11-15(31(23,28)29)18(22)17(19)20/h3-6,11,24H,2,7-10H2,1H3. The Bertz CT molecular complexity index is 1070. The molecule has 0 aromatic heterocycles. The smallest absolute Gasteiger partial charge is 0.333 e. The monoisotopic (exact) mass is 553 g/mol. The van der Waals surface area contributed by atoms with Crippen molar-refractivity contribution in [3.8, 4) is 0 Å². The van der Waals surface area contributed by atoms with E-state index >= 15 is 0 Å². The van der Waals surface area contributed by atoms with Crippen LogP contribution in [-0.2, 0) is 26.2 Å². The highest BCUT2D eigenvalue weighted by Crippen LogP contribution is 2.43. The predicted molar refractivity (Wildman–Crippen MR) is 122 cm³/mol. The van der Waals surface area contributed by atoms with Crippen molar-refractivity contribution >= 4 is 66.7 Å². The minimum Gasteiger partial charge on any atom is -0.466 e. The molecule has 0 aliphatic heterocycles. The van der Waals surface area contributed by atoms with Gasteiger partial charge in [0.05, 0.1) is 34.1 Å². The average molecular weight is 555 g/mol. The first-order chi connectivity index (χ1) is 14.6. The molecule has 0 aliphatic carbocycles. The molecule has 0 unspecified atom stereocenters. The summed E-state index contributed by atoms with van der Waals surface area (Å²) in [7, 11) is -5.02. The summed E-state index contributed by atoms with van der Waals surface area (Å²) >= 11 is 15.0. The first kappa shape index (κ1) is 25.5. The second-order valence-electron chi connectivity index (χ2n) is 6.16. The van der Waals surface area contributed by atoms with Crippen LogP contribution in [0.15, 0.2) is 49.9 Å². The minimum atomic E-state index is -5.02. The van der Waals surface area contributed by atoms with E-state index in [4.69, 9.17) is 27.9 Å². The number of anilines is 1. The van der Waals surface area contributed by atoms with Crippen LogP contribution < -0.4 is 5.32 Å². The lowest BCUT2D eigenvalue weighted by Crippen LogP contribution is -2.11. The van der Waals surface area contributed by atoms with Crippen LogP contribution in [0.25, 0.3) is 0 Å². The van der Waals surface area contributed by atoms with E-state index in [0.29, 0.717) is 26.1 Å². The molecule has 0 saturated heterocycles. The van der Waals surface area contributed by atoms with Crippen LogP contribution in [0, 0.1) is 0 Å². The number of azo groups is 1. The summed E-state index contributed by atoms with van der Waals surface area (Å²) < 4.78 is 40.4. The van der Waals surface area contributed by atoms with Gasteiger partial charge >= 0.3 is 16.2 Å². The predicted octanol–water partition coefficient (Wildman–Crippen LogP) is 6.11. The normalized spacial score (nSPS) is 11.6. The Morgan fingerprint density at radius 2 is 1.94 bits per heavy atom. The Balaban J connectivity index is 1.92. The maximum absolute atomic E-state index is 13.3. The fourth-order valence-electron chi connectivity index (χ4n) is 2.46. The van der Waals surface area contributed by atoms with Gasteiger partial charge in [-0.15, -0.1) is 3.89 Å². The molecular weight excluding hydrogens is 536 g/mol. The van der Waals surface area contributed by atoms with E-state index in [2.05, 4.69) is 31.5 Å². The van der Waals surface area contributed by atoms with E-state index in [1.165, 1.54) is 0 Å². The van der Waals surface area contributed by atoms with Crippen LogP contribution in [0.1, 0.15) is 18.9 Å². The molecule has 0 radical (unpaired) electrons. The summed E-state index contributed by atoms with van der Waals surface area (Å²) in [6, 6.07) is 8.51. The number of nitrogens with zero attached hydrogens (tertiary/aromatic N) is 2. The Morgan fingerprint density at radius 3 is 2.55 bits per heavy atom. The topological polar surface area (TPSA) is 97.2 Å². The zero-order valence-corrected chi connectivity index (χ0v) is 20.3. The number of hydrogen-bond acceptors (Lipinski definition) is 7. The van der Waals surface area contributed by atoms with Crippen molar-refractivity contribution in [2.24, 2.45) is 10.2 Å². The zero-order valence-electron chi connectivity index (χ0n) is 16.4. The maximum atomic E-state index is 13.3. The van der Waals surface area contributed by atoms with Crippen molar-refractivity contribution in [2.45, 2.75) is 24.7 Å². The summed E-state index contributed by atoms with van der Waals surface area (Å²) in [5, 5.41) is 10.7. The van der Waals surface area contributed by atoms with Gasteiger partial charge < -0.3 is 10.1 Å². The molecule has 0 saturated carbocycles. The Hall–Kier alpha value is -1.75. The SMILES string of the molecule is CCOC(=O)CCNc1ccc(CCN=Nc2c(Cl)cc(S(=O)(=O)F)c(Cl)c2Br)cc1. The molecule has 168 valence electrons. The number of esters is 1. The van der Waals surface area contributed by atoms with Gasteiger partial charge in [0.15, 0.2) is 0 Å². The molecule has 2 rings (SSSR count). The van der Waals surface area contributed by atoms with Crippen LogP contribution in [0.4, 0.5) is 15.3 Å². The third-order valence-electron chi connectivity index (χ3n) is 3.95. The Kier molecular flexibility index (Phi) is 9.67. The summed E-state index contributed by atoms with van der Waals surface area (Å²) in [6.07, 6.45) is 0.878. The van der Waals surface area contributed by atoms with Crippen LogP contribution in [0.3, 0.4) is 0 Å². The Morgan fingerprint density at radius 1 is 1.26 bits per heavy atom. The van der Waals surface area contributed by atoms with Gasteiger partial charge in [-0.05, 0) is 53.0 Å². The molecule has 0 spiro atoms. The molecule has 0 bridgehead atoms. The quantitative estimate of drug-likeness (QED) is 0.165. The molecular formula is C19H19BrCl2FN3O4S. The lowest BCUT2D eigenvalue weighted by Gasteiger charge is -2.07. The van der Waals surface area contributed by atoms with Gasteiger partial charge in [-0.3, -0.25) is 4.79 Å². The highest BCUT2D eigenvalue weighted by molar-refractivity contribution is 9.10. The molecule has 0 fully saturated rings. The van der Waals surface area contributed by atoms with Gasteiger partial charge in [-0.25, -0.2) is 0 Å². The second-order valence-corrected chi connectivity index (χ2v) is 9.06. The summed E-state index contributed by atoms with van der Waals surface area (Å²) in [4.78, 5) is 10.6. The zero-order chi connectivity index (χ0) is 23.0. The van der Waals surface area contributed by atoms with Gasteiger partial charge in [0.25, 0.3) is 0 Å². The number of ether oxygens (including phenoxy) is 1. The van der Waals surface area contributed by atoms with Crippen molar-refractivity contribution in [1.29, 1.82) is 0 Å². The number of carbonyl (C=O) groups excluding carboxylic acids is 1. The van der Waals surface area contributed by atoms with Crippen LogP contribution in [0.2, 0.25) is 10.0 Å². The number of rotatable bonds is 10. The molecule has 31 heavy (non-hydrogen) atoms. The van der Waals surface area contributed by atoms with E-state index in [0.717, 1.165) is 17.3 Å².